The highest BCUT2D eigenvalue weighted by molar-refractivity contribution is 5.96. The van der Waals surface area contributed by atoms with Crippen LogP contribution in [0.15, 0.2) is 12.1 Å². The molecular formula is C22H35N3O4. The first-order chi connectivity index (χ1) is 13.8. The molecule has 1 aliphatic rings. The number of unbranched alkanes of at least 4 members (excludes halogenated alkanes) is 1. The van der Waals surface area contributed by atoms with Gasteiger partial charge in [0.15, 0.2) is 0 Å². The number of aliphatic hydroxyl groups excluding tert-OH is 1. The van der Waals surface area contributed by atoms with Crippen molar-refractivity contribution in [3.8, 4) is 5.75 Å². The van der Waals surface area contributed by atoms with Crippen molar-refractivity contribution in [1.29, 1.82) is 0 Å². The molecule has 1 aliphatic heterocycles. The van der Waals surface area contributed by atoms with Crippen LogP contribution in [0.25, 0.3) is 0 Å². The molecule has 7 heteroatoms. The van der Waals surface area contributed by atoms with Gasteiger partial charge >= 0.3 is 0 Å². The standard InChI is InChI=1S/C22H35N3O4/c1-4-5-10-29-20-12-15(2)11-18(16(20)3)22(28)24-13-17-6-8-25(14-19(17)26)9-7-21(23)27/h11-12,17,19,26H,4-10,13-14H2,1-3H3,(H2,23,27)(H,24,28)/t17-,19+/m0/s1. The minimum atomic E-state index is -0.538. The van der Waals surface area contributed by atoms with E-state index in [4.69, 9.17) is 10.5 Å². The summed E-state index contributed by atoms with van der Waals surface area (Å²) in [6.45, 7) is 8.87. The maximum atomic E-state index is 12.8. The lowest BCUT2D eigenvalue weighted by Crippen LogP contribution is -2.48. The molecular weight excluding hydrogens is 370 g/mol. The smallest absolute Gasteiger partial charge is 0.251 e. The molecule has 0 radical (unpaired) electrons. The number of likely N-dealkylation sites (tertiary alicyclic amines) is 1. The van der Waals surface area contributed by atoms with Crippen LogP contribution in [0.2, 0.25) is 0 Å². The molecule has 1 saturated heterocycles. The van der Waals surface area contributed by atoms with Crippen molar-refractivity contribution in [2.45, 2.75) is 52.6 Å². The summed E-state index contributed by atoms with van der Waals surface area (Å²) in [6, 6.07) is 3.84. The molecule has 0 spiro atoms. The number of aliphatic hydroxyl groups is 1. The number of hydrogen-bond donors (Lipinski definition) is 3. The van der Waals surface area contributed by atoms with Crippen LogP contribution >= 0.6 is 0 Å². The summed E-state index contributed by atoms with van der Waals surface area (Å²) in [5, 5.41) is 13.4. The van der Waals surface area contributed by atoms with Crippen LogP contribution in [0.3, 0.4) is 0 Å². The van der Waals surface area contributed by atoms with Crippen molar-refractivity contribution in [2.24, 2.45) is 11.7 Å². The molecule has 0 aromatic heterocycles. The van der Waals surface area contributed by atoms with Crippen molar-refractivity contribution in [1.82, 2.24) is 10.2 Å². The maximum absolute atomic E-state index is 12.8. The number of carbonyl (C=O) groups is 2. The molecule has 1 aromatic rings. The predicted octanol–water partition coefficient (Wildman–Crippen LogP) is 1.77. The van der Waals surface area contributed by atoms with Gasteiger partial charge in [-0.05, 0) is 50.9 Å². The molecule has 2 rings (SSSR count). The van der Waals surface area contributed by atoms with Gasteiger partial charge in [0.05, 0.1) is 12.7 Å². The summed E-state index contributed by atoms with van der Waals surface area (Å²) >= 11 is 0. The van der Waals surface area contributed by atoms with Gasteiger partial charge in [-0.2, -0.15) is 0 Å². The Labute approximate surface area is 173 Å². The maximum Gasteiger partial charge on any atom is 0.251 e. The van der Waals surface area contributed by atoms with Crippen LogP contribution in [0.4, 0.5) is 0 Å². The van der Waals surface area contributed by atoms with E-state index < -0.39 is 6.10 Å². The topological polar surface area (TPSA) is 105 Å². The summed E-state index contributed by atoms with van der Waals surface area (Å²) < 4.78 is 5.85. The van der Waals surface area contributed by atoms with Crippen LogP contribution in [0, 0.1) is 19.8 Å². The second-order valence-electron chi connectivity index (χ2n) is 7.98. The first kappa shape index (κ1) is 23.2. The number of nitrogens with zero attached hydrogens (tertiary/aromatic N) is 1. The average molecular weight is 406 g/mol. The highest BCUT2D eigenvalue weighted by Crippen LogP contribution is 2.25. The van der Waals surface area contributed by atoms with Gasteiger partial charge in [0.25, 0.3) is 5.91 Å². The first-order valence-electron chi connectivity index (χ1n) is 10.5. The number of hydrogen-bond acceptors (Lipinski definition) is 5. The Morgan fingerprint density at radius 3 is 2.76 bits per heavy atom. The number of piperidine rings is 1. The summed E-state index contributed by atoms with van der Waals surface area (Å²) in [6.07, 6.45) is 2.55. The van der Waals surface area contributed by atoms with E-state index in [1.165, 1.54) is 0 Å². The van der Waals surface area contributed by atoms with Crippen molar-refractivity contribution < 1.29 is 19.4 Å². The third-order valence-electron chi connectivity index (χ3n) is 5.51. The van der Waals surface area contributed by atoms with Gasteiger partial charge in [0, 0.05) is 43.1 Å². The first-order valence-corrected chi connectivity index (χ1v) is 10.5. The summed E-state index contributed by atoms with van der Waals surface area (Å²) in [5.41, 5.74) is 7.63. The van der Waals surface area contributed by atoms with Crippen molar-refractivity contribution in [3.63, 3.8) is 0 Å². The van der Waals surface area contributed by atoms with Gasteiger partial charge in [-0.3, -0.25) is 9.59 Å². The lowest BCUT2D eigenvalue weighted by Gasteiger charge is -2.35. The van der Waals surface area contributed by atoms with Crippen LogP contribution in [0.1, 0.15) is 54.1 Å². The number of amides is 2. The van der Waals surface area contributed by atoms with E-state index in [0.717, 1.165) is 42.7 Å². The van der Waals surface area contributed by atoms with Crippen molar-refractivity contribution in [2.75, 3.05) is 32.8 Å². The molecule has 2 atom stereocenters. The van der Waals surface area contributed by atoms with Crippen molar-refractivity contribution in [3.05, 3.63) is 28.8 Å². The van der Waals surface area contributed by atoms with Gasteiger partial charge in [0.2, 0.25) is 5.91 Å². The van der Waals surface area contributed by atoms with E-state index >= 15 is 0 Å². The monoisotopic (exact) mass is 405 g/mol. The molecule has 0 saturated carbocycles. The Morgan fingerprint density at radius 1 is 1.34 bits per heavy atom. The number of primary amides is 1. The Hall–Kier alpha value is -2.12. The number of rotatable bonds is 10. The summed E-state index contributed by atoms with van der Waals surface area (Å²) in [7, 11) is 0. The fourth-order valence-corrected chi connectivity index (χ4v) is 3.61. The Balaban J connectivity index is 1.91. The summed E-state index contributed by atoms with van der Waals surface area (Å²) in [4.78, 5) is 25.7. The Morgan fingerprint density at radius 2 is 2.10 bits per heavy atom. The second-order valence-corrected chi connectivity index (χ2v) is 7.98. The van der Waals surface area contributed by atoms with E-state index in [2.05, 4.69) is 12.2 Å². The van der Waals surface area contributed by atoms with Crippen molar-refractivity contribution >= 4 is 11.8 Å². The lowest BCUT2D eigenvalue weighted by atomic mass is 9.93. The SMILES string of the molecule is CCCCOc1cc(C)cc(C(=O)NC[C@@H]2CCN(CCC(N)=O)C[C@H]2O)c1C. The molecule has 0 aliphatic carbocycles. The molecule has 162 valence electrons. The minimum absolute atomic E-state index is 0.00540. The van der Waals surface area contributed by atoms with Crippen LogP contribution in [-0.4, -0.2) is 60.7 Å². The number of ether oxygens (including phenoxy) is 1. The second kappa shape index (κ2) is 11.2. The van der Waals surface area contributed by atoms with E-state index in [1.807, 2.05) is 30.9 Å². The average Bonchev–Trinajstić information content (AvgIpc) is 2.67. The number of β-amino-alcohol motifs (C(OH)–C–C–N with tert-alkyl or cyclic N) is 1. The number of benzene rings is 1. The zero-order chi connectivity index (χ0) is 21.4. The van der Waals surface area contributed by atoms with Gasteiger partial charge in [-0.1, -0.05) is 13.3 Å². The van der Waals surface area contributed by atoms with E-state index in [-0.39, 0.29) is 17.7 Å². The lowest BCUT2D eigenvalue weighted by molar-refractivity contribution is -0.118. The zero-order valence-corrected chi connectivity index (χ0v) is 17.9. The molecule has 1 heterocycles. The van der Waals surface area contributed by atoms with Gasteiger partial charge < -0.3 is 25.8 Å². The Kier molecular flexibility index (Phi) is 8.92. The summed E-state index contributed by atoms with van der Waals surface area (Å²) in [5.74, 6) is 0.274. The number of carbonyl (C=O) groups excluding carboxylic acids is 2. The molecule has 1 fully saturated rings. The van der Waals surface area contributed by atoms with E-state index in [1.54, 1.807) is 0 Å². The molecule has 4 N–H and O–H groups in total. The zero-order valence-electron chi connectivity index (χ0n) is 17.9. The van der Waals surface area contributed by atoms with E-state index in [0.29, 0.717) is 38.2 Å². The quantitative estimate of drug-likeness (QED) is 0.515. The Bertz CT molecular complexity index is 708. The van der Waals surface area contributed by atoms with Gasteiger partial charge in [-0.25, -0.2) is 0 Å². The number of aryl methyl sites for hydroxylation is 1. The van der Waals surface area contributed by atoms with Crippen LogP contribution < -0.4 is 15.8 Å². The molecule has 2 amide bonds. The van der Waals surface area contributed by atoms with Gasteiger partial charge in [-0.15, -0.1) is 0 Å². The van der Waals surface area contributed by atoms with E-state index in [9.17, 15) is 14.7 Å². The number of nitrogens with two attached hydrogens (primary N) is 1. The molecule has 0 bridgehead atoms. The molecule has 29 heavy (non-hydrogen) atoms. The van der Waals surface area contributed by atoms with Gasteiger partial charge in [0.1, 0.15) is 5.75 Å². The van der Waals surface area contributed by atoms with Crippen LogP contribution in [-0.2, 0) is 4.79 Å². The highest BCUT2D eigenvalue weighted by atomic mass is 16.5. The minimum Gasteiger partial charge on any atom is -0.493 e. The fourth-order valence-electron chi connectivity index (χ4n) is 3.61. The molecule has 0 unspecified atom stereocenters. The number of nitrogens with one attached hydrogen (secondary N) is 1. The molecule has 1 aromatic carbocycles. The highest BCUT2D eigenvalue weighted by Gasteiger charge is 2.28. The normalized spacial score (nSPS) is 19.7. The van der Waals surface area contributed by atoms with Crippen LogP contribution in [0.5, 0.6) is 5.75 Å². The third kappa shape index (κ3) is 7.01. The largest absolute Gasteiger partial charge is 0.493 e. The third-order valence-corrected chi connectivity index (χ3v) is 5.51. The predicted molar refractivity (Wildman–Crippen MR) is 113 cm³/mol. The molecule has 7 nitrogen and oxygen atoms in total. The fraction of sp³-hybridized carbons (Fsp3) is 0.636.